The van der Waals surface area contributed by atoms with Gasteiger partial charge >= 0.3 is 0 Å². The van der Waals surface area contributed by atoms with Gasteiger partial charge in [-0.05, 0) is 30.3 Å². The topological polar surface area (TPSA) is 36.7 Å². The van der Waals surface area contributed by atoms with E-state index in [1.807, 2.05) is 6.07 Å². The molecule has 1 aromatic carbocycles. The SMILES string of the molecule is N#Cc1cc(Cl)nc(Sc2cccc(F)c2)c1. The molecule has 0 radical (unpaired) electrons. The third-order valence-electron chi connectivity index (χ3n) is 1.92. The number of halogens is 2. The van der Waals surface area contributed by atoms with Gasteiger partial charge in [-0.2, -0.15) is 5.26 Å². The van der Waals surface area contributed by atoms with Gasteiger partial charge in [0.1, 0.15) is 16.0 Å². The summed E-state index contributed by atoms with van der Waals surface area (Å²) in [7, 11) is 0. The summed E-state index contributed by atoms with van der Waals surface area (Å²) >= 11 is 7.04. The molecular weight excluding hydrogens is 259 g/mol. The lowest BCUT2D eigenvalue weighted by molar-refractivity contribution is 0.624. The Morgan fingerprint density at radius 2 is 2.12 bits per heavy atom. The van der Waals surface area contributed by atoms with E-state index in [9.17, 15) is 4.39 Å². The molecule has 2 nitrogen and oxygen atoms in total. The van der Waals surface area contributed by atoms with Crippen LogP contribution in [-0.2, 0) is 0 Å². The van der Waals surface area contributed by atoms with Gasteiger partial charge in [-0.25, -0.2) is 9.37 Å². The fourth-order valence-corrected chi connectivity index (χ4v) is 2.39. The van der Waals surface area contributed by atoms with Crippen LogP contribution in [0.5, 0.6) is 0 Å². The van der Waals surface area contributed by atoms with Crippen LogP contribution < -0.4 is 0 Å². The summed E-state index contributed by atoms with van der Waals surface area (Å²) in [6, 6.07) is 11.2. The minimum Gasteiger partial charge on any atom is -0.229 e. The Morgan fingerprint density at radius 3 is 2.82 bits per heavy atom. The third-order valence-corrected chi connectivity index (χ3v) is 3.02. The number of aromatic nitrogens is 1. The maximum atomic E-state index is 13.0. The van der Waals surface area contributed by atoms with Crippen LogP contribution in [-0.4, -0.2) is 4.98 Å². The highest BCUT2D eigenvalue weighted by molar-refractivity contribution is 7.99. The maximum Gasteiger partial charge on any atom is 0.131 e. The first-order valence-electron chi connectivity index (χ1n) is 4.68. The van der Waals surface area contributed by atoms with Crippen molar-refractivity contribution in [2.45, 2.75) is 9.92 Å². The molecule has 0 spiro atoms. The predicted octanol–water partition coefficient (Wildman–Crippen LogP) is 3.90. The molecule has 0 unspecified atom stereocenters. The van der Waals surface area contributed by atoms with E-state index in [1.165, 1.54) is 30.0 Å². The summed E-state index contributed by atoms with van der Waals surface area (Å²) in [5, 5.41) is 9.61. The van der Waals surface area contributed by atoms with Gasteiger partial charge in [0.2, 0.25) is 0 Å². The van der Waals surface area contributed by atoms with Crippen LogP contribution in [0.3, 0.4) is 0 Å². The quantitative estimate of drug-likeness (QED) is 0.772. The number of rotatable bonds is 2. The van der Waals surface area contributed by atoms with Crippen LogP contribution in [0.25, 0.3) is 0 Å². The van der Waals surface area contributed by atoms with Gasteiger partial charge in [0.05, 0.1) is 11.6 Å². The minimum absolute atomic E-state index is 0.253. The van der Waals surface area contributed by atoms with Crippen molar-refractivity contribution < 1.29 is 4.39 Å². The maximum absolute atomic E-state index is 13.0. The fourth-order valence-electron chi connectivity index (χ4n) is 1.24. The normalized spacial score (nSPS) is 9.94. The molecule has 17 heavy (non-hydrogen) atoms. The number of hydrogen-bond donors (Lipinski definition) is 0. The molecule has 0 aliphatic heterocycles. The van der Waals surface area contributed by atoms with Crippen molar-refractivity contribution in [2.24, 2.45) is 0 Å². The zero-order valence-electron chi connectivity index (χ0n) is 8.52. The highest BCUT2D eigenvalue weighted by Crippen LogP contribution is 2.28. The Labute approximate surface area is 107 Å². The molecule has 2 rings (SSSR count). The van der Waals surface area contributed by atoms with E-state index in [4.69, 9.17) is 16.9 Å². The number of nitriles is 1. The second kappa shape index (κ2) is 5.17. The largest absolute Gasteiger partial charge is 0.229 e. The smallest absolute Gasteiger partial charge is 0.131 e. The van der Waals surface area contributed by atoms with Gasteiger partial charge in [-0.15, -0.1) is 0 Å². The third kappa shape index (κ3) is 3.19. The zero-order chi connectivity index (χ0) is 12.3. The molecule has 0 N–H and O–H groups in total. The molecule has 1 heterocycles. The van der Waals surface area contributed by atoms with Crippen molar-refractivity contribution in [3.8, 4) is 6.07 Å². The van der Waals surface area contributed by atoms with Gasteiger partial charge in [0.15, 0.2) is 0 Å². The van der Waals surface area contributed by atoms with Gasteiger partial charge in [-0.1, -0.05) is 29.4 Å². The Kier molecular flexibility index (Phi) is 3.62. The predicted molar refractivity (Wildman–Crippen MR) is 64.5 cm³/mol. The fraction of sp³-hybridized carbons (Fsp3) is 0. The number of nitrogens with zero attached hydrogens (tertiary/aromatic N) is 2. The van der Waals surface area contributed by atoms with Crippen LogP contribution in [0.4, 0.5) is 4.39 Å². The van der Waals surface area contributed by atoms with Crippen molar-refractivity contribution in [3.05, 3.63) is 52.9 Å². The van der Waals surface area contributed by atoms with Crippen molar-refractivity contribution in [1.82, 2.24) is 4.98 Å². The number of pyridine rings is 1. The van der Waals surface area contributed by atoms with Crippen LogP contribution in [0, 0.1) is 17.1 Å². The Bertz CT molecular complexity index is 595. The molecule has 0 fully saturated rings. The van der Waals surface area contributed by atoms with E-state index in [1.54, 1.807) is 18.2 Å². The lowest BCUT2D eigenvalue weighted by Gasteiger charge is -2.02. The summed E-state index contributed by atoms with van der Waals surface area (Å²) in [4.78, 5) is 4.77. The molecular formula is C12H6ClFN2S. The average Bonchev–Trinajstić information content (AvgIpc) is 2.28. The monoisotopic (exact) mass is 264 g/mol. The van der Waals surface area contributed by atoms with E-state index >= 15 is 0 Å². The van der Waals surface area contributed by atoms with E-state index in [2.05, 4.69) is 4.98 Å². The van der Waals surface area contributed by atoms with E-state index in [-0.39, 0.29) is 11.0 Å². The first kappa shape index (κ1) is 11.9. The Hall–Kier alpha value is -1.57. The molecule has 1 aromatic heterocycles. The summed E-state index contributed by atoms with van der Waals surface area (Å²) in [6.07, 6.45) is 0. The summed E-state index contributed by atoms with van der Waals surface area (Å²) in [6.45, 7) is 0. The zero-order valence-corrected chi connectivity index (χ0v) is 10.1. The highest BCUT2D eigenvalue weighted by Gasteiger charge is 2.04. The van der Waals surface area contributed by atoms with Crippen molar-refractivity contribution in [3.63, 3.8) is 0 Å². The van der Waals surface area contributed by atoms with Crippen LogP contribution in [0.2, 0.25) is 5.15 Å². The molecule has 0 aliphatic rings. The second-order valence-corrected chi connectivity index (χ2v) is 4.67. The standard InChI is InChI=1S/C12H6ClFN2S/c13-11-4-8(7-15)5-12(16-11)17-10-3-1-2-9(14)6-10/h1-6H. The minimum atomic E-state index is -0.308. The molecule has 2 aromatic rings. The first-order valence-corrected chi connectivity index (χ1v) is 5.88. The van der Waals surface area contributed by atoms with E-state index in [0.29, 0.717) is 15.5 Å². The summed E-state index contributed by atoms with van der Waals surface area (Å²) in [5.74, 6) is -0.308. The molecule has 0 saturated carbocycles. The number of benzene rings is 1. The van der Waals surface area contributed by atoms with Gasteiger partial charge in [0.25, 0.3) is 0 Å². The van der Waals surface area contributed by atoms with Crippen LogP contribution in [0.1, 0.15) is 5.56 Å². The second-order valence-electron chi connectivity index (χ2n) is 3.19. The highest BCUT2D eigenvalue weighted by atomic mass is 35.5. The lowest BCUT2D eigenvalue weighted by Crippen LogP contribution is -1.84. The lowest BCUT2D eigenvalue weighted by atomic mass is 10.3. The molecule has 5 heteroatoms. The van der Waals surface area contributed by atoms with Crippen LogP contribution >= 0.6 is 23.4 Å². The van der Waals surface area contributed by atoms with E-state index in [0.717, 1.165) is 0 Å². The average molecular weight is 265 g/mol. The van der Waals surface area contributed by atoms with E-state index < -0.39 is 0 Å². The summed E-state index contributed by atoms with van der Waals surface area (Å²) < 4.78 is 13.0. The molecule has 0 aliphatic carbocycles. The summed E-state index contributed by atoms with van der Waals surface area (Å²) in [5.41, 5.74) is 0.434. The van der Waals surface area contributed by atoms with Gasteiger partial charge in [-0.3, -0.25) is 0 Å². The van der Waals surface area contributed by atoms with Crippen LogP contribution in [0.15, 0.2) is 46.3 Å². The van der Waals surface area contributed by atoms with Crippen molar-refractivity contribution in [1.29, 1.82) is 5.26 Å². The van der Waals surface area contributed by atoms with Gasteiger partial charge < -0.3 is 0 Å². The first-order chi connectivity index (χ1) is 8.17. The molecule has 0 atom stereocenters. The Morgan fingerprint density at radius 1 is 1.29 bits per heavy atom. The van der Waals surface area contributed by atoms with Gasteiger partial charge in [0, 0.05) is 4.90 Å². The molecule has 0 saturated heterocycles. The molecule has 0 amide bonds. The molecule has 0 bridgehead atoms. The van der Waals surface area contributed by atoms with Crippen molar-refractivity contribution in [2.75, 3.05) is 0 Å². The molecule has 84 valence electrons. The van der Waals surface area contributed by atoms with Crippen molar-refractivity contribution >= 4 is 23.4 Å². The number of hydrogen-bond acceptors (Lipinski definition) is 3. The Balaban J connectivity index is 2.30.